The zero-order valence-corrected chi connectivity index (χ0v) is 10.3. The van der Waals surface area contributed by atoms with Crippen LogP contribution in [0.25, 0.3) is 0 Å². The van der Waals surface area contributed by atoms with Gasteiger partial charge >= 0.3 is 6.03 Å². The van der Waals surface area contributed by atoms with Crippen molar-refractivity contribution in [3.8, 4) is 0 Å². The first kappa shape index (κ1) is 12.0. The van der Waals surface area contributed by atoms with Crippen molar-refractivity contribution in [1.82, 2.24) is 10.4 Å². The Balaban J connectivity index is 2.67. The SMILES string of the molecule is CN(C)NC(=O)Nc1ccccc1CBr. The van der Waals surface area contributed by atoms with Crippen LogP contribution in [-0.2, 0) is 5.33 Å². The molecule has 0 heterocycles. The van der Waals surface area contributed by atoms with E-state index in [1.807, 2.05) is 24.3 Å². The fourth-order valence-electron chi connectivity index (χ4n) is 1.11. The van der Waals surface area contributed by atoms with E-state index < -0.39 is 0 Å². The van der Waals surface area contributed by atoms with Crippen molar-refractivity contribution in [3.63, 3.8) is 0 Å². The van der Waals surface area contributed by atoms with Crippen LogP contribution in [-0.4, -0.2) is 25.1 Å². The molecule has 2 amide bonds. The second kappa shape index (κ2) is 5.72. The largest absolute Gasteiger partial charge is 0.333 e. The molecule has 2 N–H and O–H groups in total. The van der Waals surface area contributed by atoms with Gasteiger partial charge in [0.2, 0.25) is 0 Å². The number of nitrogens with zero attached hydrogens (tertiary/aromatic N) is 1. The number of carbonyl (C=O) groups is 1. The lowest BCUT2D eigenvalue weighted by molar-refractivity contribution is 0.224. The average Bonchev–Trinajstić information content (AvgIpc) is 2.17. The van der Waals surface area contributed by atoms with E-state index in [4.69, 9.17) is 0 Å². The third-order valence-electron chi connectivity index (χ3n) is 1.73. The minimum absolute atomic E-state index is 0.242. The molecule has 0 radical (unpaired) electrons. The molecule has 4 nitrogen and oxygen atoms in total. The van der Waals surface area contributed by atoms with Crippen LogP contribution in [0.3, 0.4) is 0 Å². The second-order valence-corrected chi connectivity index (χ2v) is 3.81. The quantitative estimate of drug-likeness (QED) is 0.654. The second-order valence-electron chi connectivity index (χ2n) is 3.25. The van der Waals surface area contributed by atoms with Crippen LogP contribution in [0.15, 0.2) is 24.3 Å². The number of urea groups is 1. The standard InChI is InChI=1S/C10H14BrN3O/c1-14(2)13-10(15)12-9-6-4-3-5-8(9)7-11/h3-6H,7H2,1-2H3,(H2,12,13,15). The van der Waals surface area contributed by atoms with Crippen LogP contribution in [0.1, 0.15) is 5.56 Å². The van der Waals surface area contributed by atoms with Crippen LogP contribution in [0, 0.1) is 0 Å². The number of carbonyl (C=O) groups excluding carboxylic acids is 1. The molecule has 1 aromatic rings. The van der Waals surface area contributed by atoms with Gasteiger partial charge in [-0.15, -0.1) is 0 Å². The van der Waals surface area contributed by atoms with Gasteiger partial charge in [-0.2, -0.15) is 0 Å². The van der Waals surface area contributed by atoms with Crippen molar-refractivity contribution in [2.75, 3.05) is 19.4 Å². The number of halogens is 1. The molecule has 5 heteroatoms. The number of hydrazine groups is 1. The summed E-state index contributed by atoms with van der Waals surface area (Å²) in [5, 5.41) is 5.07. The molecule has 1 aromatic carbocycles. The van der Waals surface area contributed by atoms with Gasteiger partial charge in [0.1, 0.15) is 0 Å². The van der Waals surface area contributed by atoms with Gasteiger partial charge in [0.25, 0.3) is 0 Å². The number of nitrogens with one attached hydrogen (secondary N) is 2. The van der Waals surface area contributed by atoms with E-state index in [2.05, 4.69) is 26.7 Å². The van der Waals surface area contributed by atoms with Crippen molar-refractivity contribution < 1.29 is 4.79 Å². The summed E-state index contributed by atoms with van der Waals surface area (Å²) in [7, 11) is 3.52. The molecule has 0 aliphatic heterocycles. The molecule has 0 atom stereocenters. The van der Waals surface area contributed by atoms with Crippen LogP contribution in [0.2, 0.25) is 0 Å². The van der Waals surface area contributed by atoms with Crippen molar-refractivity contribution in [2.24, 2.45) is 0 Å². The maximum atomic E-state index is 11.4. The fourth-order valence-corrected chi connectivity index (χ4v) is 1.60. The van der Waals surface area contributed by atoms with E-state index in [0.29, 0.717) is 5.33 Å². The number of hydrogen-bond acceptors (Lipinski definition) is 2. The van der Waals surface area contributed by atoms with Gasteiger partial charge in [-0.3, -0.25) is 5.43 Å². The summed E-state index contributed by atoms with van der Waals surface area (Å²) < 4.78 is 0. The molecule has 0 saturated carbocycles. The highest BCUT2D eigenvalue weighted by molar-refractivity contribution is 9.08. The lowest BCUT2D eigenvalue weighted by atomic mass is 10.2. The molecule has 0 aliphatic rings. The predicted molar refractivity (Wildman–Crippen MR) is 64.9 cm³/mol. The van der Waals surface area contributed by atoms with E-state index in [-0.39, 0.29) is 6.03 Å². The lowest BCUT2D eigenvalue weighted by Gasteiger charge is -2.14. The van der Waals surface area contributed by atoms with Crippen LogP contribution in [0.5, 0.6) is 0 Å². The topological polar surface area (TPSA) is 44.4 Å². The van der Waals surface area contributed by atoms with E-state index >= 15 is 0 Å². The number of anilines is 1. The Morgan fingerprint density at radius 1 is 1.40 bits per heavy atom. The van der Waals surface area contributed by atoms with Crippen molar-refractivity contribution in [2.45, 2.75) is 5.33 Å². The number of rotatable bonds is 3. The molecule has 0 aromatic heterocycles. The molecule has 82 valence electrons. The van der Waals surface area contributed by atoms with Crippen molar-refractivity contribution in [1.29, 1.82) is 0 Å². The van der Waals surface area contributed by atoms with Gasteiger partial charge < -0.3 is 5.32 Å². The van der Waals surface area contributed by atoms with Crippen LogP contribution >= 0.6 is 15.9 Å². The highest BCUT2D eigenvalue weighted by Crippen LogP contribution is 2.17. The first-order chi connectivity index (χ1) is 7.13. The number of benzene rings is 1. The minimum Gasteiger partial charge on any atom is -0.307 e. The Labute approximate surface area is 97.7 Å². The Kier molecular flexibility index (Phi) is 4.58. The van der Waals surface area contributed by atoms with E-state index in [1.54, 1.807) is 19.1 Å². The number of para-hydroxylation sites is 1. The van der Waals surface area contributed by atoms with Crippen molar-refractivity contribution >= 4 is 27.6 Å². The first-order valence-electron chi connectivity index (χ1n) is 4.52. The number of hydrogen-bond donors (Lipinski definition) is 2. The van der Waals surface area contributed by atoms with E-state index in [1.165, 1.54) is 0 Å². The monoisotopic (exact) mass is 271 g/mol. The van der Waals surface area contributed by atoms with E-state index in [9.17, 15) is 4.79 Å². The zero-order chi connectivity index (χ0) is 11.3. The van der Waals surface area contributed by atoms with Gasteiger partial charge in [0.05, 0.1) is 0 Å². The van der Waals surface area contributed by atoms with E-state index in [0.717, 1.165) is 11.3 Å². The summed E-state index contributed by atoms with van der Waals surface area (Å²) >= 11 is 3.37. The molecule has 0 fully saturated rings. The fraction of sp³-hybridized carbons (Fsp3) is 0.300. The Hall–Kier alpha value is -1.07. The summed E-state index contributed by atoms with van der Waals surface area (Å²) in [4.78, 5) is 11.4. The lowest BCUT2D eigenvalue weighted by Crippen LogP contribution is -2.39. The van der Waals surface area contributed by atoms with Gasteiger partial charge in [-0.1, -0.05) is 34.1 Å². The van der Waals surface area contributed by atoms with Gasteiger partial charge in [0.15, 0.2) is 0 Å². The Morgan fingerprint density at radius 3 is 2.67 bits per heavy atom. The Bertz CT molecular complexity index is 341. The first-order valence-corrected chi connectivity index (χ1v) is 5.64. The third kappa shape index (κ3) is 3.89. The van der Waals surface area contributed by atoms with Crippen molar-refractivity contribution in [3.05, 3.63) is 29.8 Å². The summed E-state index contributed by atoms with van der Waals surface area (Å²) in [5.74, 6) is 0. The van der Waals surface area contributed by atoms with Crippen LogP contribution in [0.4, 0.5) is 10.5 Å². The van der Waals surface area contributed by atoms with Gasteiger partial charge in [-0.25, -0.2) is 9.80 Å². The zero-order valence-electron chi connectivity index (χ0n) is 8.75. The highest BCUT2D eigenvalue weighted by atomic mass is 79.9. The molecule has 15 heavy (non-hydrogen) atoms. The normalized spacial score (nSPS) is 10.1. The summed E-state index contributed by atoms with van der Waals surface area (Å²) in [5.41, 5.74) is 4.47. The smallest absolute Gasteiger partial charge is 0.307 e. The molecule has 0 bridgehead atoms. The summed E-state index contributed by atoms with van der Waals surface area (Å²) in [6, 6.07) is 7.41. The van der Waals surface area contributed by atoms with Gasteiger partial charge in [0, 0.05) is 25.1 Å². The molecule has 0 saturated heterocycles. The number of alkyl halides is 1. The molecule has 0 unspecified atom stereocenters. The third-order valence-corrected chi connectivity index (χ3v) is 2.34. The maximum Gasteiger partial charge on any atom is 0.333 e. The molecular weight excluding hydrogens is 258 g/mol. The van der Waals surface area contributed by atoms with Gasteiger partial charge in [-0.05, 0) is 11.6 Å². The van der Waals surface area contributed by atoms with Crippen LogP contribution < -0.4 is 10.7 Å². The number of amides is 2. The Morgan fingerprint density at radius 2 is 2.07 bits per heavy atom. The average molecular weight is 272 g/mol. The molecule has 0 spiro atoms. The summed E-state index contributed by atoms with van der Waals surface area (Å²) in [6.07, 6.45) is 0. The molecular formula is C10H14BrN3O. The highest BCUT2D eigenvalue weighted by Gasteiger charge is 2.05. The predicted octanol–water partition coefficient (Wildman–Crippen LogP) is 2.18. The minimum atomic E-state index is -0.242. The maximum absolute atomic E-state index is 11.4. The molecule has 1 rings (SSSR count). The summed E-state index contributed by atoms with van der Waals surface area (Å²) in [6.45, 7) is 0. The molecule has 0 aliphatic carbocycles.